The van der Waals surface area contributed by atoms with Crippen molar-refractivity contribution >= 4 is 30.6 Å². The van der Waals surface area contributed by atoms with Gasteiger partial charge in [0.15, 0.2) is 5.78 Å². The Labute approximate surface area is 326 Å². The van der Waals surface area contributed by atoms with E-state index in [-0.39, 0.29) is 37.2 Å². The second-order valence-corrected chi connectivity index (χ2v) is 19.3. The first kappa shape index (κ1) is 39.6. The van der Waals surface area contributed by atoms with Crippen molar-refractivity contribution in [3.8, 4) is 0 Å². The third-order valence-electron chi connectivity index (χ3n) is 10.1. The van der Waals surface area contributed by atoms with Crippen LogP contribution >= 0.6 is 0 Å². The molecule has 0 spiro atoms. The summed E-state index contributed by atoms with van der Waals surface area (Å²) in [6.07, 6.45) is 1.38. The van der Waals surface area contributed by atoms with Gasteiger partial charge in [0.2, 0.25) is 0 Å². The molecule has 1 heterocycles. The molecule has 1 aliphatic heterocycles. The average molecular weight is 754 g/mol. The fourth-order valence-corrected chi connectivity index (χ4v) is 12.1. The van der Waals surface area contributed by atoms with Crippen LogP contribution in [0.25, 0.3) is 0 Å². The highest BCUT2D eigenvalue weighted by Crippen LogP contribution is 2.39. The Balaban J connectivity index is 1.46. The highest BCUT2D eigenvalue weighted by atomic mass is 28.4. The van der Waals surface area contributed by atoms with Crippen LogP contribution < -0.4 is 10.4 Å². The van der Waals surface area contributed by atoms with Crippen LogP contribution in [0.5, 0.6) is 0 Å². The third-order valence-corrected chi connectivity index (χ3v) is 15.1. The molecule has 284 valence electrons. The van der Waals surface area contributed by atoms with Crippen LogP contribution in [-0.4, -0.2) is 56.0 Å². The lowest BCUT2D eigenvalue weighted by atomic mass is 10.1. The summed E-state index contributed by atoms with van der Waals surface area (Å²) in [6.45, 7) is 8.94. The maximum Gasteiger partial charge on any atom is 0.411 e. The van der Waals surface area contributed by atoms with Gasteiger partial charge in [-0.15, -0.1) is 0 Å². The molecular formula is C47H51NO6Si. The fourth-order valence-electron chi connectivity index (χ4n) is 7.52. The van der Waals surface area contributed by atoms with Crippen molar-refractivity contribution in [2.45, 2.75) is 76.8 Å². The highest BCUT2D eigenvalue weighted by Gasteiger charge is 2.56. The van der Waals surface area contributed by atoms with E-state index in [2.05, 4.69) is 69.3 Å². The normalized spacial score (nSPS) is 18.7. The molecule has 5 aromatic rings. The number of benzene rings is 5. The predicted octanol–water partition coefficient (Wildman–Crippen LogP) is 8.27. The van der Waals surface area contributed by atoms with Crippen LogP contribution in [0.1, 0.15) is 44.4 Å². The molecule has 0 aromatic heterocycles. The fraction of sp³-hybridized carbons (Fsp3) is 0.277. The molecule has 0 saturated carbocycles. The number of hydrogen-bond donors (Lipinski definition) is 0. The lowest BCUT2D eigenvalue weighted by Crippen LogP contribution is -2.67. The monoisotopic (exact) mass is 753 g/mol. The lowest BCUT2D eigenvalue weighted by Gasteiger charge is -2.44. The number of ketones is 1. The Hall–Kier alpha value is -5.12. The first-order valence-electron chi connectivity index (χ1n) is 18.9. The number of rotatable bonds is 15. The zero-order valence-corrected chi connectivity index (χ0v) is 33.1. The number of carbonyl (C=O) groups excluding carboxylic acids is 2. The quantitative estimate of drug-likeness (QED) is 0.0792. The van der Waals surface area contributed by atoms with Crippen LogP contribution in [0.2, 0.25) is 5.04 Å². The molecule has 1 amide bonds. The number of hydrogen-bond acceptors (Lipinski definition) is 6. The number of nitrogens with zero attached hydrogens (tertiary/aromatic N) is 1. The Morgan fingerprint density at radius 3 is 1.47 bits per heavy atom. The number of allylic oxidation sites excluding steroid dienone is 1. The number of ether oxygens (including phenoxy) is 3. The zero-order valence-electron chi connectivity index (χ0n) is 32.1. The Morgan fingerprint density at radius 1 is 0.618 bits per heavy atom. The van der Waals surface area contributed by atoms with Gasteiger partial charge in [-0.25, -0.2) is 4.79 Å². The topological polar surface area (TPSA) is 74.3 Å². The molecular weight excluding hydrogens is 703 g/mol. The van der Waals surface area contributed by atoms with Gasteiger partial charge in [-0.05, 0) is 45.1 Å². The van der Waals surface area contributed by atoms with E-state index >= 15 is 0 Å². The molecule has 6 rings (SSSR count). The first-order valence-corrected chi connectivity index (χ1v) is 20.8. The van der Waals surface area contributed by atoms with Crippen LogP contribution in [0.3, 0.4) is 0 Å². The number of amides is 1. The summed E-state index contributed by atoms with van der Waals surface area (Å²) >= 11 is 0. The van der Waals surface area contributed by atoms with Crippen molar-refractivity contribution in [1.29, 1.82) is 0 Å². The molecule has 1 saturated heterocycles. The van der Waals surface area contributed by atoms with Crippen molar-refractivity contribution in [2.75, 3.05) is 6.61 Å². The first-order chi connectivity index (χ1) is 26.7. The maximum absolute atomic E-state index is 14.6. The number of likely N-dealkylation sites (tertiary alicyclic amines) is 1. The van der Waals surface area contributed by atoms with Gasteiger partial charge in [-0.1, -0.05) is 179 Å². The largest absolute Gasteiger partial charge is 0.445 e. The van der Waals surface area contributed by atoms with Crippen LogP contribution in [0.15, 0.2) is 164 Å². The van der Waals surface area contributed by atoms with Gasteiger partial charge in [0, 0.05) is 0 Å². The molecule has 4 atom stereocenters. The van der Waals surface area contributed by atoms with Crippen LogP contribution in [-0.2, 0) is 43.3 Å². The smallest absolute Gasteiger partial charge is 0.411 e. The molecule has 5 aromatic carbocycles. The molecule has 0 N–H and O–H groups in total. The van der Waals surface area contributed by atoms with Crippen molar-refractivity contribution in [1.82, 2.24) is 4.90 Å². The Morgan fingerprint density at radius 2 is 1.04 bits per heavy atom. The van der Waals surface area contributed by atoms with E-state index < -0.39 is 38.7 Å². The van der Waals surface area contributed by atoms with Gasteiger partial charge in [-0.3, -0.25) is 9.69 Å². The van der Waals surface area contributed by atoms with Gasteiger partial charge >= 0.3 is 6.09 Å². The second kappa shape index (κ2) is 18.5. The molecule has 55 heavy (non-hydrogen) atoms. The van der Waals surface area contributed by atoms with Gasteiger partial charge in [0.05, 0.1) is 31.9 Å². The molecule has 8 heteroatoms. The van der Waals surface area contributed by atoms with Crippen molar-refractivity contribution in [2.24, 2.45) is 0 Å². The third kappa shape index (κ3) is 9.58. The standard InChI is InChI=1S/C47H51NO6Si/c1-36(49)30-31-42-44(51-32-37-20-10-5-11-21-37)45(52-33-38-22-12-6-13-23-38)43(48(42)46(50)53-34-39-24-14-7-15-25-39)35-54-55(47(2,3)4,40-26-16-8-17-27-40)41-28-18-9-19-29-41/h5-31,42-45H,32-35H2,1-4H3/b31-30+/t42-,43-,44-,45-/m1/s1. The number of carbonyl (C=O) groups is 2. The zero-order chi connectivity index (χ0) is 38.7. The van der Waals surface area contributed by atoms with Gasteiger partial charge in [0.25, 0.3) is 8.32 Å². The van der Waals surface area contributed by atoms with Crippen molar-refractivity contribution < 1.29 is 28.2 Å². The van der Waals surface area contributed by atoms with Gasteiger partial charge < -0.3 is 18.6 Å². The van der Waals surface area contributed by atoms with Crippen molar-refractivity contribution in [3.05, 3.63) is 181 Å². The predicted molar refractivity (Wildman–Crippen MR) is 219 cm³/mol. The molecule has 0 radical (unpaired) electrons. The second-order valence-electron chi connectivity index (χ2n) is 15.0. The summed E-state index contributed by atoms with van der Waals surface area (Å²) in [5.41, 5.74) is 2.82. The van der Waals surface area contributed by atoms with E-state index in [4.69, 9.17) is 18.6 Å². The summed E-state index contributed by atoms with van der Waals surface area (Å²) in [7, 11) is -3.07. The molecule has 0 unspecified atom stereocenters. The van der Waals surface area contributed by atoms with E-state index in [1.807, 2.05) is 103 Å². The minimum absolute atomic E-state index is 0.0761. The maximum atomic E-state index is 14.6. The summed E-state index contributed by atoms with van der Waals surface area (Å²) < 4.78 is 27.3. The molecule has 7 nitrogen and oxygen atoms in total. The molecule has 1 fully saturated rings. The Bertz CT molecular complexity index is 1930. The van der Waals surface area contributed by atoms with E-state index in [0.29, 0.717) is 0 Å². The molecule has 1 aliphatic rings. The van der Waals surface area contributed by atoms with E-state index in [9.17, 15) is 9.59 Å². The van der Waals surface area contributed by atoms with Gasteiger partial charge in [-0.2, -0.15) is 0 Å². The van der Waals surface area contributed by atoms with Crippen LogP contribution in [0, 0.1) is 0 Å². The SMILES string of the molecule is CC(=O)/C=C/[C@@H]1[C@@H](OCc2ccccc2)[C@H](OCc2ccccc2)[C@@H](CO[Si](c2ccccc2)(c2ccccc2)C(C)(C)C)N1C(=O)OCc1ccccc1. The van der Waals surface area contributed by atoms with Gasteiger partial charge in [0.1, 0.15) is 18.8 Å². The Kier molecular flexibility index (Phi) is 13.3. The summed E-state index contributed by atoms with van der Waals surface area (Å²) in [6, 6.07) is 49.0. The summed E-state index contributed by atoms with van der Waals surface area (Å²) in [5.74, 6) is -0.145. The average Bonchev–Trinajstić information content (AvgIpc) is 3.50. The van der Waals surface area contributed by atoms with E-state index in [1.165, 1.54) is 13.0 Å². The summed E-state index contributed by atoms with van der Waals surface area (Å²) in [4.78, 5) is 28.8. The van der Waals surface area contributed by atoms with Crippen molar-refractivity contribution in [3.63, 3.8) is 0 Å². The lowest BCUT2D eigenvalue weighted by molar-refractivity contribution is -0.112. The minimum Gasteiger partial charge on any atom is -0.445 e. The highest BCUT2D eigenvalue weighted by molar-refractivity contribution is 6.99. The van der Waals surface area contributed by atoms with Crippen LogP contribution in [0.4, 0.5) is 4.79 Å². The minimum atomic E-state index is -3.07. The van der Waals surface area contributed by atoms with E-state index in [1.54, 1.807) is 11.0 Å². The molecule has 0 bridgehead atoms. The van der Waals surface area contributed by atoms with E-state index in [0.717, 1.165) is 27.1 Å². The molecule has 0 aliphatic carbocycles. The summed E-state index contributed by atoms with van der Waals surface area (Å²) in [5, 5.41) is 1.93.